The molecule has 0 saturated carbocycles. The van der Waals surface area contributed by atoms with Crippen molar-refractivity contribution >= 4 is 39.0 Å². The number of amides is 1. The Morgan fingerprint density at radius 1 is 1.16 bits per heavy atom. The zero-order chi connectivity index (χ0) is 21.4. The van der Waals surface area contributed by atoms with Gasteiger partial charge in [-0.3, -0.25) is 9.20 Å². The van der Waals surface area contributed by atoms with Crippen molar-refractivity contribution in [1.82, 2.24) is 9.38 Å². The Kier molecular flexibility index (Phi) is 4.72. The molecule has 2 aromatic carbocycles. The van der Waals surface area contributed by atoms with Crippen LogP contribution in [-0.4, -0.2) is 21.9 Å². The topological polar surface area (TPSA) is 85.8 Å². The van der Waals surface area contributed by atoms with E-state index < -0.39 is 11.5 Å². The van der Waals surface area contributed by atoms with Crippen LogP contribution < -0.4 is 15.7 Å². The summed E-state index contributed by atoms with van der Waals surface area (Å²) < 4.78 is 25.8. The predicted octanol–water partition coefficient (Wildman–Crippen LogP) is 4.33. The van der Waals surface area contributed by atoms with E-state index in [-0.39, 0.29) is 12.4 Å². The molecular formula is C22H14FN3O4S. The fourth-order valence-corrected chi connectivity index (χ4v) is 3.88. The van der Waals surface area contributed by atoms with Crippen LogP contribution in [0.4, 0.5) is 10.2 Å². The maximum absolute atomic E-state index is 13.3. The molecule has 0 saturated heterocycles. The van der Waals surface area contributed by atoms with Gasteiger partial charge in [0, 0.05) is 34.7 Å². The van der Waals surface area contributed by atoms with Gasteiger partial charge in [0.1, 0.15) is 28.7 Å². The maximum atomic E-state index is 13.3. The van der Waals surface area contributed by atoms with Crippen molar-refractivity contribution in [2.75, 3.05) is 11.9 Å². The van der Waals surface area contributed by atoms with E-state index in [0.29, 0.717) is 33.4 Å². The molecule has 0 aliphatic rings. The van der Waals surface area contributed by atoms with E-state index in [1.54, 1.807) is 47.0 Å². The molecule has 1 amide bonds. The Hall–Kier alpha value is -3.98. The van der Waals surface area contributed by atoms with Crippen LogP contribution >= 0.6 is 11.3 Å². The highest BCUT2D eigenvalue weighted by Crippen LogP contribution is 2.31. The standard InChI is InChI=1S/C22H14FN3O4S/c23-15-5-1-14(2-6-15)20-21(26-9-10-31-22(26)25-20)24-18(27)12-29-16-7-3-13-4-8-19(28)30-17(13)11-16/h1-11H,12H2,(H,24,27). The van der Waals surface area contributed by atoms with Crippen LogP contribution in [0.25, 0.3) is 27.2 Å². The minimum absolute atomic E-state index is 0.261. The summed E-state index contributed by atoms with van der Waals surface area (Å²) in [6.45, 7) is -0.261. The van der Waals surface area contributed by atoms with Crippen molar-refractivity contribution in [3.05, 3.63) is 82.4 Å². The number of thiazole rings is 1. The van der Waals surface area contributed by atoms with Gasteiger partial charge in [0.2, 0.25) is 0 Å². The monoisotopic (exact) mass is 435 g/mol. The second-order valence-electron chi connectivity index (χ2n) is 6.66. The van der Waals surface area contributed by atoms with Gasteiger partial charge in [-0.2, -0.15) is 0 Å². The van der Waals surface area contributed by atoms with Crippen LogP contribution in [0, 0.1) is 5.82 Å². The highest BCUT2D eigenvalue weighted by atomic mass is 32.1. The van der Waals surface area contributed by atoms with E-state index in [2.05, 4.69) is 10.3 Å². The van der Waals surface area contributed by atoms with E-state index in [9.17, 15) is 14.0 Å². The number of imidazole rings is 1. The summed E-state index contributed by atoms with van der Waals surface area (Å²) in [6, 6.07) is 13.9. The number of rotatable bonds is 5. The molecule has 0 radical (unpaired) electrons. The Morgan fingerprint density at radius 2 is 1.97 bits per heavy atom. The SMILES string of the molecule is O=C(COc1ccc2ccc(=O)oc2c1)Nc1c(-c2ccc(F)cc2)nc2sccn12. The maximum Gasteiger partial charge on any atom is 0.336 e. The average Bonchev–Trinajstić information content (AvgIpc) is 3.35. The Morgan fingerprint density at radius 3 is 2.81 bits per heavy atom. The molecule has 5 aromatic rings. The lowest BCUT2D eigenvalue weighted by molar-refractivity contribution is -0.118. The molecule has 31 heavy (non-hydrogen) atoms. The number of hydrogen-bond acceptors (Lipinski definition) is 6. The molecule has 5 rings (SSSR count). The number of fused-ring (bicyclic) bond motifs is 2. The van der Waals surface area contributed by atoms with Crippen LogP contribution in [0.1, 0.15) is 0 Å². The summed E-state index contributed by atoms with van der Waals surface area (Å²) >= 11 is 1.42. The molecule has 0 aliphatic heterocycles. The van der Waals surface area contributed by atoms with Gasteiger partial charge in [0.25, 0.3) is 5.91 Å². The molecule has 0 aliphatic carbocycles. The lowest BCUT2D eigenvalue weighted by atomic mass is 10.1. The fourth-order valence-electron chi connectivity index (χ4n) is 3.16. The number of halogens is 1. The molecule has 0 spiro atoms. The van der Waals surface area contributed by atoms with Crippen molar-refractivity contribution in [2.45, 2.75) is 0 Å². The molecule has 9 heteroatoms. The molecule has 154 valence electrons. The number of nitrogens with zero attached hydrogens (tertiary/aromatic N) is 2. The van der Waals surface area contributed by atoms with Gasteiger partial charge in [-0.15, -0.1) is 11.3 Å². The van der Waals surface area contributed by atoms with Gasteiger partial charge < -0.3 is 14.5 Å². The largest absolute Gasteiger partial charge is 0.484 e. The molecule has 0 unspecified atom stereocenters. The second-order valence-corrected chi connectivity index (χ2v) is 7.54. The lowest BCUT2D eigenvalue weighted by Crippen LogP contribution is -2.21. The number of carbonyl (C=O) groups is 1. The van der Waals surface area contributed by atoms with Crippen LogP contribution in [0.2, 0.25) is 0 Å². The summed E-state index contributed by atoms with van der Waals surface area (Å²) in [6.07, 6.45) is 1.79. The highest BCUT2D eigenvalue weighted by Gasteiger charge is 2.17. The van der Waals surface area contributed by atoms with Crippen molar-refractivity contribution in [3.8, 4) is 17.0 Å². The quantitative estimate of drug-likeness (QED) is 0.416. The number of aromatic nitrogens is 2. The number of benzene rings is 2. The predicted molar refractivity (Wildman–Crippen MR) is 115 cm³/mol. The molecule has 7 nitrogen and oxygen atoms in total. The zero-order valence-corrected chi connectivity index (χ0v) is 16.7. The first-order valence-electron chi connectivity index (χ1n) is 9.25. The van der Waals surface area contributed by atoms with E-state index in [1.807, 2.05) is 5.38 Å². The Labute approximate surface area is 178 Å². The van der Waals surface area contributed by atoms with Gasteiger partial charge in [0.15, 0.2) is 11.6 Å². The number of carbonyl (C=O) groups excluding carboxylic acids is 1. The summed E-state index contributed by atoms with van der Waals surface area (Å²) in [7, 11) is 0. The molecule has 0 fully saturated rings. The number of ether oxygens (including phenoxy) is 1. The highest BCUT2D eigenvalue weighted by molar-refractivity contribution is 7.15. The van der Waals surface area contributed by atoms with Crippen LogP contribution in [0.5, 0.6) is 5.75 Å². The molecule has 1 N–H and O–H groups in total. The summed E-state index contributed by atoms with van der Waals surface area (Å²) in [5.74, 6) is 0.117. The van der Waals surface area contributed by atoms with Crippen molar-refractivity contribution in [2.24, 2.45) is 0 Å². The fraction of sp³-hybridized carbons (Fsp3) is 0.0455. The van der Waals surface area contributed by atoms with Gasteiger partial charge in [-0.05, 0) is 42.5 Å². The normalized spacial score (nSPS) is 11.1. The first-order valence-corrected chi connectivity index (χ1v) is 10.1. The first kappa shape index (κ1) is 19.0. The third-order valence-electron chi connectivity index (χ3n) is 4.60. The van der Waals surface area contributed by atoms with Gasteiger partial charge in [0.05, 0.1) is 0 Å². The van der Waals surface area contributed by atoms with Crippen LogP contribution in [-0.2, 0) is 4.79 Å². The van der Waals surface area contributed by atoms with Gasteiger partial charge in [-0.1, -0.05) is 0 Å². The summed E-state index contributed by atoms with van der Waals surface area (Å²) in [4.78, 5) is 29.2. The van der Waals surface area contributed by atoms with E-state index in [4.69, 9.17) is 9.15 Å². The van der Waals surface area contributed by atoms with Crippen molar-refractivity contribution < 1.29 is 18.3 Å². The molecule has 0 bridgehead atoms. The van der Waals surface area contributed by atoms with E-state index in [0.717, 1.165) is 5.39 Å². The third kappa shape index (κ3) is 3.78. The number of hydrogen-bond donors (Lipinski definition) is 1. The van der Waals surface area contributed by atoms with Crippen LogP contribution in [0.15, 0.2) is 75.4 Å². The Balaban J connectivity index is 1.37. The molecule has 3 aromatic heterocycles. The van der Waals surface area contributed by atoms with Crippen LogP contribution in [0.3, 0.4) is 0 Å². The smallest absolute Gasteiger partial charge is 0.336 e. The minimum atomic E-state index is -0.462. The van der Waals surface area contributed by atoms with Gasteiger partial charge in [-0.25, -0.2) is 14.2 Å². The number of anilines is 1. The van der Waals surface area contributed by atoms with Gasteiger partial charge >= 0.3 is 5.63 Å². The Bertz CT molecular complexity index is 1470. The van der Waals surface area contributed by atoms with Crippen molar-refractivity contribution in [1.29, 1.82) is 0 Å². The average molecular weight is 435 g/mol. The first-order chi connectivity index (χ1) is 15.1. The summed E-state index contributed by atoms with van der Waals surface area (Å²) in [5, 5.41) is 5.43. The minimum Gasteiger partial charge on any atom is -0.484 e. The number of nitrogens with one attached hydrogen (secondary N) is 1. The van der Waals surface area contributed by atoms with E-state index >= 15 is 0 Å². The third-order valence-corrected chi connectivity index (χ3v) is 5.36. The second kappa shape index (κ2) is 7.69. The van der Waals surface area contributed by atoms with E-state index in [1.165, 1.54) is 29.5 Å². The lowest BCUT2D eigenvalue weighted by Gasteiger charge is -2.09. The summed E-state index contributed by atoms with van der Waals surface area (Å²) in [5.41, 5.74) is 1.13. The molecular weight excluding hydrogens is 421 g/mol. The molecule has 0 atom stereocenters. The van der Waals surface area contributed by atoms with Crippen molar-refractivity contribution in [3.63, 3.8) is 0 Å². The molecule has 3 heterocycles. The zero-order valence-electron chi connectivity index (χ0n) is 15.9.